The molecule has 0 fully saturated rings. The second-order valence-electron chi connectivity index (χ2n) is 6.13. The number of hydrogen-bond acceptors (Lipinski definition) is 4. The summed E-state index contributed by atoms with van der Waals surface area (Å²) in [7, 11) is 0. The summed E-state index contributed by atoms with van der Waals surface area (Å²) >= 11 is 0. The average molecular weight is 352 g/mol. The van der Waals surface area contributed by atoms with E-state index >= 15 is 0 Å². The lowest BCUT2D eigenvalue weighted by Gasteiger charge is -2.25. The molecule has 0 radical (unpaired) electrons. The molecule has 1 aliphatic rings. The molecule has 6 heteroatoms. The van der Waals surface area contributed by atoms with Crippen LogP contribution in [0.15, 0.2) is 52.9 Å². The molecule has 2 aromatic carbocycles. The predicted molar refractivity (Wildman–Crippen MR) is 93.8 cm³/mol. The van der Waals surface area contributed by atoms with Crippen molar-refractivity contribution in [3.05, 3.63) is 77.3 Å². The number of hydrogen-bond donors (Lipinski definition) is 0. The summed E-state index contributed by atoms with van der Waals surface area (Å²) in [5, 5.41) is 0. The Kier molecular flexibility index (Phi) is 4.16. The van der Waals surface area contributed by atoms with E-state index in [0.717, 1.165) is 0 Å². The van der Waals surface area contributed by atoms with Crippen LogP contribution in [0.25, 0.3) is 0 Å². The largest absolute Gasteiger partial charge is 0.484 e. The van der Waals surface area contributed by atoms with Crippen molar-refractivity contribution in [1.29, 1.82) is 0 Å². The molecule has 0 aliphatic carbocycles. The Bertz CT molecular complexity index is 953. The summed E-state index contributed by atoms with van der Waals surface area (Å²) in [5.74, 6) is 0.738. The molecule has 0 bridgehead atoms. The maximum atomic E-state index is 13.5. The number of halogens is 1. The van der Waals surface area contributed by atoms with Gasteiger partial charge >= 0.3 is 0 Å². The highest BCUT2D eigenvalue weighted by Crippen LogP contribution is 2.27. The first-order valence-corrected chi connectivity index (χ1v) is 8.36. The maximum Gasteiger partial charge on any atom is 0.296 e. The minimum Gasteiger partial charge on any atom is -0.484 e. The number of oxazole rings is 1. The minimum atomic E-state index is -0.293. The first kappa shape index (κ1) is 16.3. The van der Waals surface area contributed by atoms with Gasteiger partial charge in [-0.1, -0.05) is 18.2 Å². The summed E-state index contributed by atoms with van der Waals surface area (Å²) in [5.41, 5.74) is 1.78. The summed E-state index contributed by atoms with van der Waals surface area (Å²) in [6.45, 7) is 2.30. The number of aromatic nitrogens is 1. The van der Waals surface area contributed by atoms with Gasteiger partial charge in [-0.15, -0.1) is 0 Å². The van der Waals surface area contributed by atoms with Crippen LogP contribution < -0.4 is 9.64 Å². The summed E-state index contributed by atoms with van der Waals surface area (Å²) < 4.78 is 24.8. The standard InChI is InChI=1S/C20H17FN2O3/c1-13-11-14(7-8-16(13)21)23-10-9-17-19(20(23)24)26-18(22-17)12-25-15-5-3-2-4-6-15/h2-8,11H,9-10,12H2,1H3. The predicted octanol–water partition coefficient (Wildman–Crippen LogP) is 3.90. The molecule has 4 rings (SSSR count). The number of amides is 1. The summed E-state index contributed by atoms with van der Waals surface area (Å²) in [6, 6.07) is 14.0. The fourth-order valence-electron chi connectivity index (χ4n) is 2.95. The van der Waals surface area contributed by atoms with Gasteiger partial charge in [0.1, 0.15) is 11.6 Å². The van der Waals surface area contributed by atoms with Gasteiger partial charge in [0.15, 0.2) is 6.61 Å². The summed E-state index contributed by atoms with van der Waals surface area (Å²) in [6.07, 6.45) is 0.576. The van der Waals surface area contributed by atoms with Gasteiger partial charge in [0.2, 0.25) is 11.7 Å². The van der Waals surface area contributed by atoms with E-state index in [1.165, 1.54) is 6.07 Å². The molecule has 132 valence electrons. The number of aryl methyl sites for hydroxylation is 1. The molecule has 0 N–H and O–H groups in total. The van der Waals surface area contributed by atoms with Gasteiger partial charge < -0.3 is 14.1 Å². The van der Waals surface area contributed by atoms with Crippen LogP contribution in [-0.4, -0.2) is 17.4 Å². The van der Waals surface area contributed by atoms with Gasteiger partial charge in [0, 0.05) is 18.7 Å². The van der Waals surface area contributed by atoms with Crippen LogP contribution in [0.4, 0.5) is 10.1 Å². The van der Waals surface area contributed by atoms with E-state index in [1.54, 1.807) is 24.0 Å². The molecule has 0 atom stereocenters. The number of carbonyl (C=O) groups excluding carboxylic acids is 1. The minimum absolute atomic E-state index is 0.153. The van der Waals surface area contributed by atoms with E-state index < -0.39 is 0 Å². The molecule has 1 aliphatic heterocycles. The van der Waals surface area contributed by atoms with Crippen LogP contribution in [0, 0.1) is 12.7 Å². The van der Waals surface area contributed by atoms with Gasteiger partial charge in [-0.3, -0.25) is 4.79 Å². The van der Waals surface area contributed by atoms with E-state index in [2.05, 4.69) is 4.98 Å². The fourth-order valence-corrected chi connectivity index (χ4v) is 2.95. The van der Waals surface area contributed by atoms with Gasteiger partial charge in [-0.05, 0) is 42.8 Å². The van der Waals surface area contributed by atoms with Crippen LogP contribution >= 0.6 is 0 Å². The molecule has 1 aromatic heterocycles. The van der Waals surface area contributed by atoms with Crippen molar-refractivity contribution < 1.29 is 18.3 Å². The molecule has 0 unspecified atom stereocenters. The van der Waals surface area contributed by atoms with Gasteiger partial charge in [-0.2, -0.15) is 0 Å². The number of rotatable bonds is 4. The van der Waals surface area contributed by atoms with Crippen LogP contribution in [0.5, 0.6) is 5.75 Å². The lowest BCUT2D eigenvalue weighted by Crippen LogP contribution is -2.37. The van der Waals surface area contributed by atoms with Crippen molar-refractivity contribution in [3.8, 4) is 5.75 Å². The lowest BCUT2D eigenvalue weighted by molar-refractivity contribution is 0.0948. The van der Waals surface area contributed by atoms with Gasteiger partial charge in [0.25, 0.3) is 5.91 Å². The molecular weight excluding hydrogens is 335 g/mol. The Labute approximate surface area is 150 Å². The van der Waals surface area contributed by atoms with Gasteiger partial charge in [0.05, 0.1) is 5.69 Å². The molecule has 0 spiro atoms. The number of benzene rings is 2. The third-order valence-electron chi connectivity index (χ3n) is 4.31. The monoisotopic (exact) mass is 352 g/mol. The zero-order chi connectivity index (χ0) is 18.1. The molecule has 0 saturated heterocycles. The molecule has 1 amide bonds. The molecule has 0 saturated carbocycles. The number of anilines is 1. The second kappa shape index (κ2) is 6.63. The molecule has 26 heavy (non-hydrogen) atoms. The highest BCUT2D eigenvalue weighted by molar-refractivity contribution is 6.06. The fraction of sp³-hybridized carbons (Fsp3) is 0.200. The highest BCUT2D eigenvalue weighted by Gasteiger charge is 2.31. The van der Waals surface area contributed by atoms with Gasteiger partial charge in [-0.25, -0.2) is 9.37 Å². The number of fused-ring (bicyclic) bond motifs is 1. The lowest BCUT2D eigenvalue weighted by atomic mass is 10.1. The highest BCUT2D eigenvalue weighted by atomic mass is 19.1. The van der Waals surface area contributed by atoms with E-state index in [1.807, 2.05) is 30.3 Å². The number of nitrogens with zero attached hydrogens (tertiary/aromatic N) is 2. The quantitative estimate of drug-likeness (QED) is 0.714. The van der Waals surface area contributed by atoms with Crippen LogP contribution in [-0.2, 0) is 13.0 Å². The SMILES string of the molecule is Cc1cc(N2CCc3nc(COc4ccccc4)oc3C2=O)ccc1F. The average Bonchev–Trinajstić information content (AvgIpc) is 3.08. The Morgan fingerprint density at radius 3 is 2.81 bits per heavy atom. The van der Waals surface area contributed by atoms with Crippen molar-refractivity contribution in [2.45, 2.75) is 20.0 Å². The third-order valence-corrected chi connectivity index (χ3v) is 4.31. The number of ether oxygens (including phenoxy) is 1. The van der Waals surface area contributed by atoms with Crippen molar-refractivity contribution in [3.63, 3.8) is 0 Å². The second-order valence-corrected chi connectivity index (χ2v) is 6.13. The maximum absolute atomic E-state index is 13.5. The van der Waals surface area contributed by atoms with Crippen LogP contribution in [0.1, 0.15) is 27.7 Å². The Morgan fingerprint density at radius 2 is 2.04 bits per heavy atom. The molecule has 3 aromatic rings. The number of para-hydroxylation sites is 1. The Hall–Kier alpha value is -3.15. The smallest absolute Gasteiger partial charge is 0.296 e. The van der Waals surface area contributed by atoms with E-state index in [4.69, 9.17) is 9.15 Å². The van der Waals surface area contributed by atoms with Crippen molar-refractivity contribution in [1.82, 2.24) is 4.98 Å². The van der Waals surface area contributed by atoms with E-state index in [9.17, 15) is 9.18 Å². The summed E-state index contributed by atoms with van der Waals surface area (Å²) in [4.78, 5) is 18.7. The molecule has 2 heterocycles. The van der Waals surface area contributed by atoms with Crippen LogP contribution in [0.3, 0.4) is 0 Å². The van der Waals surface area contributed by atoms with E-state index in [-0.39, 0.29) is 24.1 Å². The van der Waals surface area contributed by atoms with Crippen molar-refractivity contribution >= 4 is 11.6 Å². The Balaban J connectivity index is 1.53. The van der Waals surface area contributed by atoms with Crippen molar-refractivity contribution in [2.75, 3.05) is 11.4 Å². The number of carbonyl (C=O) groups is 1. The van der Waals surface area contributed by atoms with E-state index in [0.29, 0.717) is 41.6 Å². The zero-order valence-corrected chi connectivity index (χ0v) is 14.2. The Morgan fingerprint density at radius 1 is 1.23 bits per heavy atom. The first-order valence-electron chi connectivity index (χ1n) is 8.36. The van der Waals surface area contributed by atoms with Crippen molar-refractivity contribution in [2.24, 2.45) is 0 Å². The zero-order valence-electron chi connectivity index (χ0n) is 14.2. The van der Waals surface area contributed by atoms with Crippen LogP contribution in [0.2, 0.25) is 0 Å². The normalized spacial score (nSPS) is 13.6. The topological polar surface area (TPSA) is 55.6 Å². The third kappa shape index (κ3) is 3.06. The molecule has 5 nitrogen and oxygen atoms in total. The first-order chi connectivity index (χ1) is 12.6. The molecular formula is C20H17FN2O3.